The normalized spacial score (nSPS) is 20.3. The van der Waals surface area contributed by atoms with Crippen molar-refractivity contribution in [3.8, 4) is 0 Å². The maximum Gasteiger partial charge on any atom is 0.110 e. The Balaban J connectivity index is 2.09. The summed E-state index contributed by atoms with van der Waals surface area (Å²) in [5.41, 5.74) is 0.416. The Labute approximate surface area is 107 Å². The first-order valence-corrected chi connectivity index (χ1v) is 7.15. The second-order valence-corrected chi connectivity index (χ2v) is 5.96. The molecule has 1 aliphatic rings. The minimum atomic E-state index is 0.381. The summed E-state index contributed by atoms with van der Waals surface area (Å²) in [6, 6.07) is 0. The van der Waals surface area contributed by atoms with E-state index in [1.54, 1.807) is 0 Å². The van der Waals surface area contributed by atoms with E-state index >= 15 is 0 Å². The zero-order chi connectivity index (χ0) is 12.6. The molecule has 1 atom stereocenters. The Kier molecular flexibility index (Phi) is 6.64. The van der Waals surface area contributed by atoms with Crippen LogP contribution in [-0.2, 0) is 4.74 Å². The molecule has 0 amide bonds. The second-order valence-electron chi connectivity index (χ2n) is 5.96. The summed E-state index contributed by atoms with van der Waals surface area (Å²) in [6.45, 7) is 9.07. The van der Waals surface area contributed by atoms with Crippen LogP contribution in [0.15, 0.2) is 12.3 Å². The monoisotopic (exact) mass is 239 g/mol. The summed E-state index contributed by atoms with van der Waals surface area (Å²) in [6.07, 6.45) is 12.0. The number of unbranched alkanes of at least 4 members (excludes halogenated alkanes) is 2. The largest absolute Gasteiger partial charge is 0.497 e. The third kappa shape index (κ3) is 6.72. The van der Waals surface area contributed by atoms with E-state index in [1.165, 1.54) is 25.7 Å². The van der Waals surface area contributed by atoms with Crippen molar-refractivity contribution in [2.45, 2.75) is 65.4 Å². The van der Waals surface area contributed by atoms with Gasteiger partial charge >= 0.3 is 0 Å². The molecule has 17 heavy (non-hydrogen) atoms. The van der Waals surface area contributed by atoms with Crippen LogP contribution in [-0.4, -0.2) is 19.2 Å². The van der Waals surface area contributed by atoms with Crippen molar-refractivity contribution in [3.63, 3.8) is 0 Å². The van der Waals surface area contributed by atoms with Gasteiger partial charge in [-0.15, -0.1) is 0 Å². The smallest absolute Gasteiger partial charge is 0.110 e. The highest BCUT2D eigenvalue weighted by Gasteiger charge is 2.18. The average Bonchev–Trinajstić information content (AvgIpc) is 2.30. The maximum absolute atomic E-state index is 5.55. The van der Waals surface area contributed by atoms with Crippen LogP contribution < -0.4 is 5.32 Å². The summed E-state index contributed by atoms with van der Waals surface area (Å²) >= 11 is 0. The summed E-state index contributed by atoms with van der Waals surface area (Å²) in [7, 11) is 0. The average molecular weight is 239 g/mol. The van der Waals surface area contributed by atoms with E-state index in [2.05, 4.69) is 32.2 Å². The van der Waals surface area contributed by atoms with Crippen molar-refractivity contribution in [3.05, 3.63) is 12.3 Å². The molecule has 100 valence electrons. The van der Waals surface area contributed by atoms with Gasteiger partial charge in [0.1, 0.15) is 6.10 Å². The van der Waals surface area contributed by atoms with Crippen molar-refractivity contribution in [2.75, 3.05) is 13.1 Å². The van der Waals surface area contributed by atoms with E-state index in [0.717, 1.165) is 25.9 Å². The van der Waals surface area contributed by atoms with Crippen molar-refractivity contribution in [1.82, 2.24) is 5.32 Å². The van der Waals surface area contributed by atoms with Crippen LogP contribution in [0.5, 0.6) is 0 Å². The van der Waals surface area contributed by atoms with Gasteiger partial charge in [0.2, 0.25) is 0 Å². The summed E-state index contributed by atoms with van der Waals surface area (Å²) < 4.78 is 5.55. The molecule has 0 aliphatic carbocycles. The third-order valence-corrected chi connectivity index (χ3v) is 3.46. The molecule has 0 aromatic carbocycles. The van der Waals surface area contributed by atoms with Crippen molar-refractivity contribution < 1.29 is 4.74 Å². The Bertz CT molecular complexity index is 223. The molecule has 0 radical (unpaired) electrons. The molecule has 0 saturated heterocycles. The fraction of sp³-hybridized carbons (Fsp3) is 0.867. The molecule has 1 aliphatic heterocycles. The molecule has 0 bridgehead atoms. The molecule has 0 aromatic rings. The van der Waals surface area contributed by atoms with Crippen LogP contribution in [0.2, 0.25) is 0 Å². The number of hydrogen-bond donors (Lipinski definition) is 1. The predicted octanol–water partition coefficient (Wildman–Crippen LogP) is 3.88. The van der Waals surface area contributed by atoms with E-state index in [4.69, 9.17) is 4.74 Å². The standard InChI is InChI=1S/C15H29NO/c1-4-5-7-10-15(2,3)13-16-12-14-9-6-8-11-17-14/h8,11,14,16H,4-7,9-10,12-13H2,1-3H3. The lowest BCUT2D eigenvalue weighted by molar-refractivity contribution is 0.118. The molecule has 0 fully saturated rings. The van der Waals surface area contributed by atoms with E-state index in [0.29, 0.717) is 11.5 Å². The molecule has 0 aromatic heterocycles. The van der Waals surface area contributed by atoms with Gasteiger partial charge in [0.25, 0.3) is 0 Å². The lowest BCUT2D eigenvalue weighted by Crippen LogP contribution is -2.35. The Hall–Kier alpha value is -0.500. The van der Waals surface area contributed by atoms with Gasteiger partial charge < -0.3 is 10.1 Å². The molecule has 1 N–H and O–H groups in total. The molecule has 1 rings (SSSR count). The maximum atomic E-state index is 5.55. The second kappa shape index (κ2) is 7.75. The van der Waals surface area contributed by atoms with E-state index < -0.39 is 0 Å². The Morgan fingerprint density at radius 2 is 2.18 bits per heavy atom. The molecule has 2 heteroatoms. The van der Waals surface area contributed by atoms with Crippen LogP contribution in [0, 0.1) is 5.41 Å². The first kappa shape index (κ1) is 14.6. The quantitative estimate of drug-likeness (QED) is 0.649. The summed E-state index contributed by atoms with van der Waals surface area (Å²) in [4.78, 5) is 0. The fourth-order valence-electron chi connectivity index (χ4n) is 2.25. The molecule has 0 saturated carbocycles. The highest BCUT2D eigenvalue weighted by Crippen LogP contribution is 2.22. The molecular weight excluding hydrogens is 210 g/mol. The van der Waals surface area contributed by atoms with Crippen LogP contribution in [0.1, 0.15) is 59.3 Å². The van der Waals surface area contributed by atoms with Crippen molar-refractivity contribution >= 4 is 0 Å². The van der Waals surface area contributed by atoms with Gasteiger partial charge in [-0.2, -0.15) is 0 Å². The Morgan fingerprint density at radius 3 is 2.82 bits per heavy atom. The van der Waals surface area contributed by atoms with Crippen molar-refractivity contribution in [2.24, 2.45) is 5.41 Å². The SMILES string of the molecule is CCCCCC(C)(C)CNCC1CCC=CO1. The van der Waals surface area contributed by atoms with Crippen LogP contribution in [0.4, 0.5) is 0 Å². The highest BCUT2D eigenvalue weighted by atomic mass is 16.5. The molecule has 2 nitrogen and oxygen atoms in total. The summed E-state index contributed by atoms with van der Waals surface area (Å²) in [5.74, 6) is 0. The lowest BCUT2D eigenvalue weighted by Gasteiger charge is -2.27. The fourth-order valence-corrected chi connectivity index (χ4v) is 2.25. The first-order chi connectivity index (χ1) is 8.14. The number of hydrogen-bond acceptors (Lipinski definition) is 2. The van der Waals surface area contributed by atoms with Crippen molar-refractivity contribution in [1.29, 1.82) is 0 Å². The molecule has 0 spiro atoms. The van der Waals surface area contributed by atoms with E-state index in [-0.39, 0.29) is 0 Å². The predicted molar refractivity (Wildman–Crippen MR) is 74.0 cm³/mol. The van der Waals surface area contributed by atoms with Gasteiger partial charge in [-0.3, -0.25) is 0 Å². The number of allylic oxidation sites excluding steroid dienone is 1. The molecule has 1 heterocycles. The van der Waals surface area contributed by atoms with Gasteiger partial charge in [0.05, 0.1) is 6.26 Å². The third-order valence-electron chi connectivity index (χ3n) is 3.46. The van der Waals surface area contributed by atoms with Gasteiger partial charge in [-0.25, -0.2) is 0 Å². The minimum absolute atomic E-state index is 0.381. The molecule has 1 unspecified atom stereocenters. The number of rotatable bonds is 8. The Morgan fingerprint density at radius 1 is 1.35 bits per heavy atom. The zero-order valence-corrected chi connectivity index (χ0v) is 11.8. The van der Waals surface area contributed by atoms with Crippen LogP contribution in [0.3, 0.4) is 0 Å². The topological polar surface area (TPSA) is 21.3 Å². The minimum Gasteiger partial charge on any atom is -0.497 e. The molecular formula is C15H29NO. The van der Waals surface area contributed by atoms with Gasteiger partial charge in [-0.1, -0.05) is 40.0 Å². The van der Waals surface area contributed by atoms with Gasteiger partial charge in [-0.05, 0) is 30.8 Å². The van der Waals surface area contributed by atoms with Gasteiger partial charge in [0, 0.05) is 13.1 Å². The van der Waals surface area contributed by atoms with Crippen LogP contribution in [0.25, 0.3) is 0 Å². The zero-order valence-electron chi connectivity index (χ0n) is 11.8. The number of nitrogens with one attached hydrogen (secondary N) is 1. The van der Waals surface area contributed by atoms with E-state index in [9.17, 15) is 0 Å². The number of ether oxygens (including phenoxy) is 1. The van der Waals surface area contributed by atoms with Gasteiger partial charge in [0.15, 0.2) is 0 Å². The summed E-state index contributed by atoms with van der Waals surface area (Å²) in [5, 5.41) is 3.56. The first-order valence-electron chi connectivity index (χ1n) is 7.15. The van der Waals surface area contributed by atoms with E-state index in [1.807, 2.05) is 6.26 Å². The lowest BCUT2D eigenvalue weighted by atomic mass is 9.87. The highest BCUT2D eigenvalue weighted by molar-refractivity contribution is 4.83. The van der Waals surface area contributed by atoms with Crippen LogP contribution >= 0.6 is 0 Å².